The van der Waals surface area contributed by atoms with E-state index >= 15 is 0 Å². The van der Waals surface area contributed by atoms with E-state index < -0.39 is 0 Å². The van der Waals surface area contributed by atoms with Crippen LogP contribution in [0.3, 0.4) is 0 Å². The number of likely N-dealkylation sites (tertiary alicyclic amines) is 2. The molecule has 1 atom stereocenters. The van der Waals surface area contributed by atoms with Gasteiger partial charge < -0.3 is 15.5 Å². The molecule has 8 heteroatoms. The van der Waals surface area contributed by atoms with Gasteiger partial charge in [0.1, 0.15) is 0 Å². The predicted molar refractivity (Wildman–Crippen MR) is 162 cm³/mol. The molecule has 0 radical (unpaired) electrons. The number of benzene rings is 1. The van der Waals surface area contributed by atoms with Gasteiger partial charge in [-0.05, 0) is 102 Å². The van der Waals surface area contributed by atoms with Crippen molar-refractivity contribution in [3.05, 3.63) is 55.6 Å². The first-order valence-corrected chi connectivity index (χ1v) is 15.5. The maximum Gasteiger partial charge on any atom is 0.314 e. The number of hydrogen-bond acceptors (Lipinski definition) is 3. The lowest BCUT2D eigenvalue weighted by molar-refractivity contribution is -0.134. The smallest absolute Gasteiger partial charge is 0.314 e. The SMILES string of the molecule is C=C(Br)C=NC1=C(C)CCc2cc(CC)cc(Br)c2C1C1CCN(C(=O)CC2CCN(C(N)=O)CC2)CC1. The summed E-state index contributed by atoms with van der Waals surface area (Å²) in [5, 5.41) is 0. The molecule has 38 heavy (non-hydrogen) atoms. The van der Waals surface area contributed by atoms with Crippen LogP contribution >= 0.6 is 31.9 Å². The molecule has 1 aromatic carbocycles. The van der Waals surface area contributed by atoms with Gasteiger partial charge in [0, 0.05) is 59.4 Å². The van der Waals surface area contributed by atoms with Gasteiger partial charge in [-0.3, -0.25) is 9.79 Å². The van der Waals surface area contributed by atoms with Gasteiger partial charge in [0.25, 0.3) is 0 Å². The number of amides is 3. The summed E-state index contributed by atoms with van der Waals surface area (Å²) in [6, 6.07) is 4.31. The number of carbonyl (C=O) groups is 2. The number of hydrogen-bond donors (Lipinski definition) is 1. The molecule has 0 aromatic heterocycles. The van der Waals surface area contributed by atoms with Crippen LogP contribution in [-0.4, -0.2) is 54.1 Å². The number of aryl methyl sites for hydroxylation is 2. The third-order valence-electron chi connectivity index (χ3n) is 8.59. The van der Waals surface area contributed by atoms with Gasteiger partial charge in [0.15, 0.2) is 0 Å². The minimum Gasteiger partial charge on any atom is -0.351 e. The van der Waals surface area contributed by atoms with Crippen molar-refractivity contribution < 1.29 is 9.59 Å². The number of carbonyl (C=O) groups excluding carboxylic acids is 2. The Hall–Kier alpha value is -1.93. The number of urea groups is 1. The van der Waals surface area contributed by atoms with Gasteiger partial charge in [0.05, 0.1) is 0 Å². The molecule has 2 saturated heterocycles. The summed E-state index contributed by atoms with van der Waals surface area (Å²) in [5.41, 5.74) is 12.0. The lowest BCUT2D eigenvalue weighted by atomic mass is 9.76. The number of nitrogens with two attached hydrogens (primary N) is 1. The van der Waals surface area contributed by atoms with Crippen LogP contribution in [0.5, 0.6) is 0 Å². The van der Waals surface area contributed by atoms with Crippen LogP contribution in [-0.2, 0) is 17.6 Å². The van der Waals surface area contributed by atoms with Crippen LogP contribution in [0.15, 0.2) is 43.9 Å². The monoisotopic (exact) mass is 646 g/mol. The van der Waals surface area contributed by atoms with Crippen LogP contribution in [0, 0.1) is 11.8 Å². The Labute approximate surface area is 244 Å². The zero-order valence-corrected chi connectivity index (χ0v) is 25.8. The van der Waals surface area contributed by atoms with Gasteiger partial charge in [-0.2, -0.15) is 0 Å². The van der Waals surface area contributed by atoms with Crippen molar-refractivity contribution in [1.29, 1.82) is 0 Å². The van der Waals surface area contributed by atoms with E-state index in [1.54, 1.807) is 4.90 Å². The summed E-state index contributed by atoms with van der Waals surface area (Å²) in [6.07, 6.45) is 9.04. The van der Waals surface area contributed by atoms with Crippen molar-refractivity contribution in [1.82, 2.24) is 9.80 Å². The summed E-state index contributed by atoms with van der Waals surface area (Å²) in [6.45, 7) is 11.3. The second kappa shape index (κ2) is 12.9. The zero-order chi connectivity index (χ0) is 27.4. The number of halogens is 2. The number of fused-ring (bicyclic) bond motifs is 1. The van der Waals surface area contributed by atoms with E-state index in [0.29, 0.717) is 31.3 Å². The predicted octanol–water partition coefficient (Wildman–Crippen LogP) is 6.71. The van der Waals surface area contributed by atoms with Crippen LogP contribution in [0.25, 0.3) is 0 Å². The largest absolute Gasteiger partial charge is 0.351 e. The van der Waals surface area contributed by atoms with Gasteiger partial charge in [-0.15, -0.1) is 0 Å². The van der Waals surface area contributed by atoms with Crippen molar-refractivity contribution in [2.75, 3.05) is 26.2 Å². The van der Waals surface area contributed by atoms with Gasteiger partial charge in [-0.25, -0.2) is 4.79 Å². The standard InChI is InChI=1S/C30H40Br2N4O2/c1-4-21-15-24-6-5-19(2)29(34-18-20(3)31)28(27(24)25(32)16-21)23-9-13-35(14-10-23)26(37)17-22-7-11-36(12-8-22)30(33)38/h15-16,18,22-23,28H,3-14,17H2,1-2H3,(H2,33,38). The fourth-order valence-electron chi connectivity index (χ4n) is 6.35. The molecule has 0 bridgehead atoms. The molecule has 3 aliphatic rings. The minimum atomic E-state index is -0.358. The number of aliphatic imine (C=N–C) groups is 1. The minimum absolute atomic E-state index is 0.186. The second-order valence-corrected chi connectivity index (χ2v) is 12.9. The van der Waals surface area contributed by atoms with E-state index in [1.807, 2.05) is 6.21 Å². The van der Waals surface area contributed by atoms with Crippen LogP contribution < -0.4 is 5.73 Å². The Bertz CT molecular complexity index is 1130. The molecule has 0 spiro atoms. The lowest BCUT2D eigenvalue weighted by Crippen LogP contribution is -2.44. The molecule has 2 aliphatic heterocycles. The first-order chi connectivity index (χ1) is 18.2. The highest BCUT2D eigenvalue weighted by atomic mass is 79.9. The second-order valence-electron chi connectivity index (χ2n) is 11.0. The van der Waals surface area contributed by atoms with E-state index in [0.717, 1.165) is 68.2 Å². The molecule has 1 aliphatic carbocycles. The number of rotatable bonds is 6. The van der Waals surface area contributed by atoms with Crippen molar-refractivity contribution in [3.8, 4) is 0 Å². The highest BCUT2D eigenvalue weighted by Gasteiger charge is 2.36. The van der Waals surface area contributed by atoms with Gasteiger partial charge in [-0.1, -0.05) is 41.1 Å². The van der Waals surface area contributed by atoms with Gasteiger partial charge >= 0.3 is 6.03 Å². The van der Waals surface area contributed by atoms with Crippen LogP contribution in [0.1, 0.15) is 75.0 Å². The molecule has 0 saturated carbocycles. The molecule has 3 amide bonds. The Morgan fingerprint density at radius 3 is 2.37 bits per heavy atom. The normalized spacial score (nSPS) is 21.5. The topological polar surface area (TPSA) is 79.0 Å². The average Bonchev–Trinajstić information content (AvgIpc) is 3.04. The molecular formula is C30H40Br2N4O2. The summed E-state index contributed by atoms with van der Waals surface area (Å²) in [5.74, 6) is 1.17. The number of allylic oxidation sites excluding steroid dienone is 3. The van der Waals surface area contributed by atoms with E-state index in [9.17, 15) is 9.59 Å². The van der Waals surface area contributed by atoms with Crippen molar-refractivity contribution in [3.63, 3.8) is 0 Å². The zero-order valence-electron chi connectivity index (χ0n) is 22.6. The molecule has 206 valence electrons. The molecule has 2 N–H and O–H groups in total. The quantitative estimate of drug-likeness (QED) is 0.348. The molecule has 2 heterocycles. The molecule has 1 unspecified atom stereocenters. The van der Waals surface area contributed by atoms with E-state index in [-0.39, 0.29) is 17.9 Å². The Morgan fingerprint density at radius 1 is 1.11 bits per heavy atom. The number of primary amides is 1. The number of piperidine rings is 2. The Balaban J connectivity index is 1.51. The third-order valence-corrected chi connectivity index (χ3v) is 9.45. The highest BCUT2D eigenvalue weighted by Crippen LogP contribution is 2.47. The van der Waals surface area contributed by atoms with Crippen molar-refractivity contribution in [2.24, 2.45) is 22.6 Å². The molecule has 2 fully saturated rings. The van der Waals surface area contributed by atoms with Crippen LogP contribution in [0.2, 0.25) is 0 Å². The van der Waals surface area contributed by atoms with Crippen molar-refractivity contribution in [2.45, 2.75) is 71.1 Å². The maximum absolute atomic E-state index is 13.2. The number of nitrogens with zero attached hydrogens (tertiary/aromatic N) is 3. The Morgan fingerprint density at radius 2 is 1.76 bits per heavy atom. The molecule has 6 nitrogen and oxygen atoms in total. The molecule has 1 aromatic rings. The maximum atomic E-state index is 13.2. The Kier molecular flexibility index (Phi) is 9.90. The van der Waals surface area contributed by atoms with E-state index in [1.165, 1.54) is 26.7 Å². The van der Waals surface area contributed by atoms with E-state index in [4.69, 9.17) is 10.7 Å². The van der Waals surface area contributed by atoms with Gasteiger partial charge in [0.2, 0.25) is 5.91 Å². The summed E-state index contributed by atoms with van der Waals surface area (Å²) < 4.78 is 1.95. The van der Waals surface area contributed by atoms with E-state index in [2.05, 4.69) is 69.3 Å². The fourth-order valence-corrected chi connectivity index (χ4v) is 7.25. The first kappa shape index (κ1) is 29.1. The summed E-state index contributed by atoms with van der Waals surface area (Å²) >= 11 is 7.40. The lowest BCUT2D eigenvalue weighted by Gasteiger charge is -2.38. The summed E-state index contributed by atoms with van der Waals surface area (Å²) in [7, 11) is 0. The van der Waals surface area contributed by atoms with Crippen molar-refractivity contribution >= 4 is 50.0 Å². The third kappa shape index (κ3) is 6.79. The average molecular weight is 648 g/mol. The molecular weight excluding hydrogens is 608 g/mol. The summed E-state index contributed by atoms with van der Waals surface area (Å²) in [4.78, 5) is 33.3. The highest BCUT2D eigenvalue weighted by molar-refractivity contribution is 9.12. The van der Waals surface area contributed by atoms with Crippen LogP contribution in [0.4, 0.5) is 4.79 Å². The molecule has 4 rings (SSSR count). The fraction of sp³-hybridized carbons (Fsp3) is 0.567. The first-order valence-electron chi connectivity index (χ1n) is 13.9.